The Morgan fingerprint density at radius 1 is 1.32 bits per heavy atom. The van der Waals surface area contributed by atoms with Crippen molar-refractivity contribution in [3.63, 3.8) is 0 Å². The van der Waals surface area contributed by atoms with E-state index in [2.05, 4.69) is 30.8 Å². The summed E-state index contributed by atoms with van der Waals surface area (Å²) in [5.41, 5.74) is 7.64. The molecule has 2 aromatic rings. The molecule has 1 saturated heterocycles. The van der Waals surface area contributed by atoms with Crippen molar-refractivity contribution in [2.75, 3.05) is 38.6 Å². The third-order valence-electron chi connectivity index (χ3n) is 3.32. The molecule has 1 aliphatic rings. The summed E-state index contributed by atoms with van der Waals surface area (Å²) < 4.78 is 8.22. The van der Waals surface area contributed by atoms with E-state index in [0.717, 1.165) is 55.0 Å². The average Bonchev–Trinajstić information content (AvgIpc) is 2.72. The molecule has 0 aromatic carbocycles. The lowest BCUT2D eigenvalue weighted by Crippen LogP contribution is -2.38. The van der Waals surface area contributed by atoms with E-state index in [1.54, 1.807) is 6.20 Å². The van der Waals surface area contributed by atoms with Crippen LogP contribution in [-0.2, 0) is 11.3 Å². The van der Waals surface area contributed by atoms with Crippen LogP contribution in [0.5, 0.6) is 0 Å². The largest absolute Gasteiger partial charge is 0.379 e. The average molecular weight is 326 g/mol. The molecule has 0 bridgehead atoms. The fourth-order valence-electron chi connectivity index (χ4n) is 2.29. The number of halogens is 1. The third kappa shape index (κ3) is 2.72. The summed E-state index contributed by atoms with van der Waals surface area (Å²) in [6.45, 7) is 5.32. The van der Waals surface area contributed by atoms with Crippen LogP contribution in [-0.4, -0.2) is 52.3 Å². The second-order valence-corrected chi connectivity index (χ2v) is 5.49. The summed E-state index contributed by atoms with van der Waals surface area (Å²) in [6, 6.07) is 1.93. The Hall–Kier alpha value is -1.18. The number of fused-ring (bicyclic) bond motifs is 1. The minimum atomic E-state index is 0.522. The zero-order valence-corrected chi connectivity index (χ0v) is 12.1. The van der Waals surface area contributed by atoms with Crippen molar-refractivity contribution in [2.45, 2.75) is 6.54 Å². The van der Waals surface area contributed by atoms with Gasteiger partial charge in [-0.1, -0.05) is 0 Å². The van der Waals surface area contributed by atoms with Gasteiger partial charge in [0, 0.05) is 36.8 Å². The molecule has 3 rings (SSSR count). The van der Waals surface area contributed by atoms with Crippen LogP contribution in [0, 0.1) is 0 Å². The van der Waals surface area contributed by atoms with Gasteiger partial charge in [-0.2, -0.15) is 0 Å². The van der Waals surface area contributed by atoms with Gasteiger partial charge in [0.15, 0.2) is 5.65 Å². The summed E-state index contributed by atoms with van der Waals surface area (Å²) >= 11 is 3.39. The first-order chi connectivity index (χ1) is 9.24. The smallest absolute Gasteiger partial charge is 0.202 e. The number of hydrogen-bond acceptors (Lipinski definition) is 5. The molecule has 2 N–H and O–H groups in total. The molecule has 0 radical (unpaired) electrons. The number of anilines is 1. The molecular formula is C12H16BrN5O. The fourth-order valence-corrected chi connectivity index (χ4v) is 2.61. The minimum Gasteiger partial charge on any atom is -0.379 e. The molecular weight excluding hydrogens is 310 g/mol. The number of hydrogen-bond donors (Lipinski definition) is 1. The lowest BCUT2D eigenvalue weighted by Gasteiger charge is -2.26. The Bertz CT molecular complexity index is 579. The predicted octanol–water partition coefficient (Wildman–Crippen LogP) is 1.11. The molecule has 6 nitrogen and oxygen atoms in total. The normalized spacial score (nSPS) is 17.1. The summed E-state index contributed by atoms with van der Waals surface area (Å²) in [5, 5.41) is 0. The maximum Gasteiger partial charge on any atom is 0.202 e. The highest BCUT2D eigenvalue weighted by molar-refractivity contribution is 9.10. The number of morpholine rings is 1. The maximum absolute atomic E-state index is 5.97. The van der Waals surface area contributed by atoms with Gasteiger partial charge in [-0.15, -0.1) is 0 Å². The molecule has 7 heteroatoms. The zero-order valence-electron chi connectivity index (χ0n) is 10.5. The van der Waals surface area contributed by atoms with Crippen LogP contribution in [0.15, 0.2) is 16.7 Å². The molecule has 1 aliphatic heterocycles. The van der Waals surface area contributed by atoms with E-state index in [-0.39, 0.29) is 0 Å². The molecule has 0 unspecified atom stereocenters. The van der Waals surface area contributed by atoms with Gasteiger partial charge in [-0.3, -0.25) is 9.47 Å². The Labute approximate surface area is 119 Å². The highest BCUT2D eigenvalue weighted by Gasteiger charge is 2.13. The van der Waals surface area contributed by atoms with Crippen molar-refractivity contribution in [1.82, 2.24) is 19.4 Å². The number of rotatable bonds is 3. The second kappa shape index (κ2) is 5.44. The van der Waals surface area contributed by atoms with Gasteiger partial charge in [0.2, 0.25) is 5.95 Å². The Morgan fingerprint density at radius 2 is 2.11 bits per heavy atom. The second-order valence-electron chi connectivity index (χ2n) is 4.57. The van der Waals surface area contributed by atoms with E-state index in [0.29, 0.717) is 5.95 Å². The minimum absolute atomic E-state index is 0.522. The predicted molar refractivity (Wildman–Crippen MR) is 76.9 cm³/mol. The summed E-state index contributed by atoms with van der Waals surface area (Å²) in [6.07, 6.45) is 1.77. The van der Waals surface area contributed by atoms with Crippen LogP contribution in [0.25, 0.3) is 11.2 Å². The SMILES string of the molecule is Nc1nc2cc(Br)cnc2n1CCN1CCOCC1. The highest BCUT2D eigenvalue weighted by Crippen LogP contribution is 2.19. The third-order valence-corrected chi connectivity index (χ3v) is 3.76. The van der Waals surface area contributed by atoms with E-state index in [9.17, 15) is 0 Å². The van der Waals surface area contributed by atoms with Crippen molar-refractivity contribution >= 4 is 33.0 Å². The number of pyridine rings is 1. The zero-order chi connectivity index (χ0) is 13.2. The fraction of sp³-hybridized carbons (Fsp3) is 0.500. The van der Waals surface area contributed by atoms with Crippen LogP contribution >= 0.6 is 15.9 Å². The lowest BCUT2D eigenvalue weighted by atomic mass is 10.4. The van der Waals surface area contributed by atoms with Crippen LogP contribution in [0.3, 0.4) is 0 Å². The Balaban J connectivity index is 1.78. The van der Waals surface area contributed by atoms with Gasteiger partial charge in [-0.05, 0) is 22.0 Å². The van der Waals surface area contributed by atoms with E-state index >= 15 is 0 Å². The van der Waals surface area contributed by atoms with E-state index in [4.69, 9.17) is 10.5 Å². The number of nitrogens with two attached hydrogens (primary N) is 1. The number of imidazole rings is 1. The van der Waals surface area contributed by atoms with Crippen molar-refractivity contribution < 1.29 is 4.74 Å². The number of nitrogen functional groups attached to an aromatic ring is 1. The number of aromatic nitrogens is 3. The summed E-state index contributed by atoms with van der Waals surface area (Å²) in [4.78, 5) is 11.1. The summed E-state index contributed by atoms with van der Waals surface area (Å²) in [7, 11) is 0. The monoisotopic (exact) mass is 325 g/mol. The Kier molecular flexibility index (Phi) is 3.67. The first kappa shape index (κ1) is 12.8. The summed E-state index contributed by atoms with van der Waals surface area (Å²) in [5.74, 6) is 0.522. The van der Waals surface area contributed by atoms with Gasteiger partial charge in [-0.25, -0.2) is 9.97 Å². The van der Waals surface area contributed by atoms with Gasteiger partial charge in [0.25, 0.3) is 0 Å². The van der Waals surface area contributed by atoms with Crippen molar-refractivity contribution in [3.05, 3.63) is 16.7 Å². The quantitative estimate of drug-likeness (QED) is 0.915. The molecule has 0 aliphatic carbocycles. The highest BCUT2D eigenvalue weighted by atomic mass is 79.9. The molecule has 0 saturated carbocycles. The van der Waals surface area contributed by atoms with E-state index in [1.165, 1.54) is 0 Å². The van der Waals surface area contributed by atoms with Crippen LogP contribution in [0.1, 0.15) is 0 Å². The first-order valence-corrected chi connectivity index (χ1v) is 7.11. The molecule has 19 heavy (non-hydrogen) atoms. The molecule has 2 aromatic heterocycles. The van der Waals surface area contributed by atoms with Gasteiger partial charge in [0.05, 0.1) is 13.2 Å². The van der Waals surface area contributed by atoms with Crippen LogP contribution < -0.4 is 5.73 Å². The molecule has 3 heterocycles. The molecule has 0 amide bonds. The van der Waals surface area contributed by atoms with Crippen molar-refractivity contribution in [2.24, 2.45) is 0 Å². The molecule has 0 spiro atoms. The number of ether oxygens (including phenoxy) is 1. The van der Waals surface area contributed by atoms with Crippen LogP contribution in [0.4, 0.5) is 5.95 Å². The van der Waals surface area contributed by atoms with Gasteiger partial charge >= 0.3 is 0 Å². The van der Waals surface area contributed by atoms with Crippen molar-refractivity contribution in [1.29, 1.82) is 0 Å². The first-order valence-electron chi connectivity index (χ1n) is 6.31. The molecule has 1 fully saturated rings. The van der Waals surface area contributed by atoms with Crippen molar-refractivity contribution in [3.8, 4) is 0 Å². The maximum atomic E-state index is 5.97. The standard InChI is InChI=1S/C12H16BrN5O/c13-9-7-10-11(15-8-9)18(12(14)16-10)2-1-17-3-5-19-6-4-17/h7-8H,1-6H2,(H2,14,16). The van der Waals surface area contributed by atoms with Crippen LogP contribution in [0.2, 0.25) is 0 Å². The van der Waals surface area contributed by atoms with Gasteiger partial charge in [0.1, 0.15) is 5.52 Å². The van der Waals surface area contributed by atoms with E-state index < -0.39 is 0 Å². The Morgan fingerprint density at radius 3 is 2.89 bits per heavy atom. The topological polar surface area (TPSA) is 69.2 Å². The van der Waals surface area contributed by atoms with Gasteiger partial charge < -0.3 is 10.5 Å². The lowest BCUT2D eigenvalue weighted by molar-refractivity contribution is 0.0366. The molecule has 102 valence electrons. The van der Waals surface area contributed by atoms with E-state index in [1.807, 2.05) is 10.6 Å². The molecule has 0 atom stereocenters. The number of nitrogens with zero attached hydrogens (tertiary/aromatic N) is 4.